The lowest BCUT2D eigenvalue weighted by Gasteiger charge is -2.06. The van der Waals surface area contributed by atoms with Crippen LogP contribution in [0, 0.1) is 0 Å². The first-order chi connectivity index (χ1) is 7.76. The van der Waals surface area contributed by atoms with E-state index in [0.717, 1.165) is 5.56 Å². The molecule has 5 heteroatoms. The van der Waals surface area contributed by atoms with Crippen LogP contribution in [-0.4, -0.2) is 30.8 Å². The van der Waals surface area contributed by atoms with Gasteiger partial charge in [-0.3, -0.25) is 4.79 Å². The number of nitrogens with two attached hydrogens (primary N) is 1. The Bertz CT molecular complexity index is 325. The minimum absolute atomic E-state index is 0.0536. The summed E-state index contributed by atoms with van der Waals surface area (Å²) in [5.74, 6) is 0.369. The van der Waals surface area contributed by atoms with Crippen LogP contribution in [0.3, 0.4) is 0 Å². The number of hydrogen-bond donors (Lipinski definition) is 3. The third kappa shape index (κ3) is 4.29. The molecule has 0 saturated heterocycles. The van der Waals surface area contributed by atoms with Crippen molar-refractivity contribution in [3.63, 3.8) is 0 Å². The van der Waals surface area contributed by atoms with Crippen molar-refractivity contribution in [3.8, 4) is 5.75 Å². The van der Waals surface area contributed by atoms with Crippen LogP contribution in [-0.2, 0) is 11.3 Å². The van der Waals surface area contributed by atoms with Gasteiger partial charge in [0.15, 0.2) is 6.61 Å². The number of hydrogen-bond acceptors (Lipinski definition) is 4. The van der Waals surface area contributed by atoms with E-state index in [1.807, 2.05) is 12.1 Å². The first-order valence-corrected chi connectivity index (χ1v) is 5.05. The van der Waals surface area contributed by atoms with Gasteiger partial charge in [-0.05, 0) is 17.7 Å². The van der Waals surface area contributed by atoms with Gasteiger partial charge in [0.1, 0.15) is 5.75 Å². The summed E-state index contributed by atoms with van der Waals surface area (Å²) in [7, 11) is 0. The smallest absolute Gasteiger partial charge is 0.258 e. The Kier molecular flexibility index (Phi) is 5.31. The van der Waals surface area contributed by atoms with Gasteiger partial charge in [-0.1, -0.05) is 12.1 Å². The molecule has 0 bridgehead atoms. The van der Waals surface area contributed by atoms with Gasteiger partial charge in [0.25, 0.3) is 5.91 Å². The topological polar surface area (TPSA) is 84.6 Å². The standard InChI is InChI=1S/C11H16N2O3/c12-7-9-1-3-10(4-2-9)16-8-11(15)13-5-6-14/h1-4,14H,5-8,12H2,(H,13,15). The van der Waals surface area contributed by atoms with E-state index in [0.29, 0.717) is 12.3 Å². The molecule has 0 aliphatic carbocycles. The lowest BCUT2D eigenvalue weighted by Crippen LogP contribution is -2.31. The molecule has 0 aliphatic heterocycles. The summed E-state index contributed by atoms with van der Waals surface area (Å²) in [6, 6.07) is 7.23. The summed E-state index contributed by atoms with van der Waals surface area (Å²) in [5.41, 5.74) is 6.46. The fourth-order valence-corrected chi connectivity index (χ4v) is 1.12. The molecule has 1 aromatic rings. The summed E-state index contributed by atoms with van der Waals surface area (Å²) in [5, 5.41) is 11.0. The molecule has 0 spiro atoms. The lowest BCUT2D eigenvalue weighted by atomic mass is 10.2. The molecule has 0 radical (unpaired) electrons. The normalized spacial score (nSPS) is 9.88. The van der Waals surface area contributed by atoms with Crippen molar-refractivity contribution in [2.45, 2.75) is 6.54 Å². The van der Waals surface area contributed by atoms with E-state index in [2.05, 4.69) is 5.32 Å². The van der Waals surface area contributed by atoms with E-state index in [4.69, 9.17) is 15.6 Å². The zero-order chi connectivity index (χ0) is 11.8. The van der Waals surface area contributed by atoms with Gasteiger partial charge >= 0.3 is 0 Å². The molecule has 1 amide bonds. The number of nitrogens with one attached hydrogen (secondary N) is 1. The number of aliphatic hydroxyl groups excluding tert-OH is 1. The molecule has 0 saturated carbocycles. The summed E-state index contributed by atoms with van der Waals surface area (Å²) >= 11 is 0. The van der Waals surface area contributed by atoms with E-state index in [9.17, 15) is 4.79 Å². The molecule has 1 rings (SSSR count). The second-order valence-electron chi connectivity index (χ2n) is 3.21. The summed E-state index contributed by atoms with van der Waals surface area (Å²) < 4.78 is 5.23. The van der Waals surface area contributed by atoms with Crippen LogP contribution in [0.15, 0.2) is 24.3 Å². The minimum atomic E-state index is -0.253. The van der Waals surface area contributed by atoms with Crippen LogP contribution in [0.4, 0.5) is 0 Å². The number of rotatable bonds is 6. The Morgan fingerprint density at radius 3 is 2.62 bits per heavy atom. The Morgan fingerprint density at radius 2 is 2.06 bits per heavy atom. The van der Waals surface area contributed by atoms with E-state index < -0.39 is 0 Å². The van der Waals surface area contributed by atoms with Crippen LogP contribution in [0.25, 0.3) is 0 Å². The maximum Gasteiger partial charge on any atom is 0.258 e. The van der Waals surface area contributed by atoms with Gasteiger partial charge in [0.05, 0.1) is 6.61 Å². The van der Waals surface area contributed by atoms with Gasteiger partial charge in [0, 0.05) is 13.1 Å². The van der Waals surface area contributed by atoms with E-state index in [-0.39, 0.29) is 25.7 Å². The molecular weight excluding hydrogens is 208 g/mol. The third-order valence-electron chi connectivity index (χ3n) is 1.96. The summed E-state index contributed by atoms with van der Waals surface area (Å²) in [4.78, 5) is 11.1. The SMILES string of the molecule is NCc1ccc(OCC(=O)NCCO)cc1. The van der Waals surface area contributed by atoms with Gasteiger partial charge in [-0.15, -0.1) is 0 Å². The molecule has 16 heavy (non-hydrogen) atoms. The zero-order valence-corrected chi connectivity index (χ0v) is 8.98. The molecular formula is C11H16N2O3. The first-order valence-electron chi connectivity index (χ1n) is 5.05. The Labute approximate surface area is 94.2 Å². The number of aliphatic hydroxyl groups is 1. The number of amides is 1. The van der Waals surface area contributed by atoms with Gasteiger partial charge in [-0.25, -0.2) is 0 Å². The van der Waals surface area contributed by atoms with Gasteiger partial charge in [-0.2, -0.15) is 0 Å². The summed E-state index contributed by atoms with van der Waals surface area (Å²) in [6.07, 6.45) is 0. The fourth-order valence-electron chi connectivity index (χ4n) is 1.12. The van der Waals surface area contributed by atoms with Gasteiger partial charge < -0.3 is 20.9 Å². The van der Waals surface area contributed by atoms with Crippen molar-refractivity contribution in [1.29, 1.82) is 0 Å². The average molecular weight is 224 g/mol. The third-order valence-corrected chi connectivity index (χ3v) is 1.96. The second-order valence-corrected chi connectivity index (χ2v) is 3.21. The highest BCUT2D eigenvalue weighted by atomic mass is 16.5. The van der Waals surface area contributed by atoms with E-state index >= 15 is 0 Å². The molecule has 1 aromatic carbocycles. The second kappa shape index (κ2) is 6.81. The molecule has 0 unspecified atom stereocenters. The van der Waals surface area contributed by atoms with Gasteiger partial charge in [0.2, 0.25) is 0 Å². The first kappa shape index (κ1) is 12.5. The zero-order valence-electron chi connectivity index (χ0n) is 8.98. The number of carbonyl (C=O) groups excluding carboxylic acids is 1. The van der Waals surface area contributed by atoms with Crippen molar-refractivity contribution in [2.24, 2.45) is 5.73 Å². The summed E-state index contributed by atoms with van der Waals surface area (Å²) in [6.45, 7) is 0.602. The monoisotopic (exact) mass is 224 g/mol. The molecule has 0 aromatic heterocycles. The predicted octanol–water partition coefficient (Wildman–Crippen LogP) is -0.367. The molecule has 0 heterocycles. The fraction of sp³-hybridized carbons (Fsp3) is 0.364. The number of carbonyl (C=O) groups is 1. The highest BCUT2D eigenvalue weighted by Crippen LogP contribution is 2.11. The highest BCUT2D eigenvalue weighted by Gasteiger charge is 2.01. The molecule has 0 atom stereocenters. The Balaban J connectivity index is 2.33. The average Bonchev–Trinajstić information content (AvgIpc) is 2.34. The molecule has 4 N–H and O–H groups in total. The quantitative estimate of drug-likeness (QED) is 0.615. The maximum absolute atomic E-state index is 11.1. The largest absolute Gasteiger partial charge is 0.484 e. The van der Waals surface area contributed by atoms with Crippen LogP contribution < -0.4 is 15.8 Å². The predicted molar refractivity (Wildman–Crippen MR) is 59.9 cm³/mol. The van der Waals surface area contributed by atoms with Crippen molar-refractivity contribution in [3.05, 3.63) is 29.8 Å². The maximum atomic E-state index is 11.1. The Morgan fingerprint density at radius 1 is 1.38 bits per heavy atom. The van der Waals surface area contributed by atoms with Crippen LogP contribution in [0.1, 0.15) is 5.56 Å². The van der Waals surface area contributed by atoms with Crippen molar-refractivity contribution in [2.75, 3.05) is 19.8 Å². The van der Waals surface area contributed by atoms with Crippen LogP contribution in [0.5, 0.6) is 5.75 Å². The van der Waals surface area contributed by atoms with Crippen molar-refractivity contribution < 1.29 is 14.6 Å². The van der Waals surface area contributed by atoms with E-state index in [1.165, 1.54) is 0 Å². The molecule has 88 valence electrons. The van der Waals surface area contributed by atoms with E-state index in [1.54, 1.807) is 12.1 Å². The minimum Gasteiger partial charge on any atom is -0.484 e. The molecule has 5 nitrogen and oxygen atoms in total. The number of ether oxygens (including phenoxy) is 1. The van der Waals surface area contributed by atoms with Crippen molar-refractivity contribution >= 4 is 5.91 Å². The highest BCUT2D eigenvalue weighted by molar-refractivity contribution is 5.77. The lowest BCUT2D eigenvalue weighted by molar-refractivity contribution is -0.123. The van der Waals surface area contributed by atoms with Crippen molar-refractivity contribution in [1.82, 2.24) is 5.32 Å². The Hall–Kier alpha value is -1.59. The van der Waals surface area contributed by atoms with Crippen LogP contribution >= 0.6 is 0 Å². The molecule has 0 fully saturated rings. The van der Waals surface area contributed by atoms with Crippen LogP contribution in [0.2, 0.25) is 0 Å². The molecule has 0 aliphatic rings. The number of benzene rings is 1.